The molecule has 0 rings (SSSR count). The van der Waals surface area contributed by atoms with Crippen LogP contribution in [-0.4, -0.2) is 25.6 Å². The topological polar surface area (TPSA) is 46.2 Å². The van der Waals surface area contributed by atoms with Crippen LogP contribution < -0.4 is 4.72 Å². The first-order valence-electron chi connectivity index (χ1n) is 3.36. The van der Waals surface area contributed by atoms with E-state index in [2.05, 4.69) is 4.72 Å². The summed E-state index contributed by atoms with van der Waals surface area (Å²) < 4.78 is 24.1. The molecule has 0 bridgehead atoms. The molecule has 0 amide bonds. The lowest BCUT2D eigenvalue weighted by atomic mass is 10.3. The largest absolute Gasteiger partial charge is 0.216 e. The Morgan fingerprint density at radius 1 is 1.36 bits per heavy atom. The molecule has 0 heterocycles. The lowest BCUT2D eigenvalue weighted by molar-refractivity contribution is 0.547. The smallest absolute Gasteiger partial charge is 0.214 e. The molecule has 0 saturated heterocycles. The summed E-state index contributed by atoms with van der Waals surface area (Å²) in [6.45, 7) is 5.22. The number of rotatable bonds is 3. The van der Waals surface area contributed by atoms with Gasteiger partial charge in [-0.25, -0.2) is 13.1 Å². The zero-order valence-corrected chi connectivity index (χ0v) is 8.59. The van der Waals surface area contributed by atoms with Gasteiger partial charge in [0.05, 0.1) is 4.75 Å². The van der Waals surface area contributed by atoms with E-state index in [1.165, 1.54) is 0 Å². The zero-order chi connectivity index (χ0) is 9.12. The number of nitrogens with one attached hydrogen (secondary N) is 1. The standard InChI is InChI=1S/C6H14ClNO2S/c1-6(2,3)11(9,10)8-5-4-7/h8H,4-5H2,1-3H3. The Labute approximate surface area is 73.2 Å². The van der Waals surface area contributed by atoms with E-state index in [1.54, 1.807) is 20.8 Å². The predicted molar refractivity (Wildman–Crippen MR) is 47.4 cm³/mol. The van der Waals surface area contributed by atoms with E-state index >= 15 is 0 Å². The molecule has 11 heavy (non-hydrogen) atoms. The minimum atomic E-state index is -3.19. The second-order valence-corrected chi connectivity index (χ2v) is 6.10. The van der Waals surface area contributed by atoms with Crippen molar-refractivity contribution in [1.82, 2.24) is 4.72 Å². The molecule has 0 saturated carbocycles. The molecule has 0 fully saturated rings. The van der Waals surface area contributed by atoms with E-state index in [0.717, 1.165) is 0 Å². The van der Waals surface area contributed by atoms with Gasteiger partial charge in [-0.3, -0.25) is 0 Å². The van der Waals surface area contributed by atoms with Crippen LogP contribution in [0, 0.1) is 0 Å². The maximum atomic E-state index is 11.2. The zero-order valence-electron chi connectivity index (χ0n) is 7.02. The summed E-state index contributed by atoms with van der Waals surface area (Å²) in [4.78, 5) is 0. The first kappa shape index (κ1) is 11.2. The second-order valence-electron chi connectivity index (χ2n) is 3.20. The highest BCUT2D eigenvalue weighted by Crippen LogP contribution is 2.12. The van der Waals surface area contributed by atoms with Crippen LogP contribution in [0.1, 0.15) is 20.8 Å². The summed E-state index contributed by atoms with van der Waals surface area (Å²) in [6, 6.07) is 0. The summed E-state index contributed by atoms with van der Waals surface area (Å²) in [5.41, 5.74) is 0. The van der Waals surface area contributed by atoms with Crippen molar-refractivity contribution < 1.29 is 8.42 Å². The maximum Gasteiger partial charge on any atom is 0.216 e. The molecule has 0 spiro atoms. The fraction of sp³-hybridized carbons (Fsp3) is 1.00. The Morgan fingerprint density at radius 2 is 1.82 bits per heavy atom. The van der Waals surface area contributed by atoms with Crippen LogP contribution in [0.25, 0.3) is 0 Å². The van der Waals surface area contributed by atoms with Crippen LogP contribution >= 0.6 is 11.6 Å². The van der Waals surface area contributed by atoms with E-state index in [0.29, 0.717) is 12.4 Å². The van der Waals surface area contributed by atoms with Crippen molar-refractivity contribution in [3.05, 3.63) is 0 Å². The summed E-state index contributed by atoms with van der Waals surface area (Å²) in [5, 5.41) is 0. The van der Waals surface area contributed by atoms with Gasteiger partial charge >= 0.3 is 0 Å². The third kappa shape index (κ3) is 3.40. The van der Waals surface area contributed by atoms with Crippen LogP contribution in [0.3, 0.4) is 0 Å². The highest BCUT2D eigenvalue weighted by Gasteiger charge is 2.27. The molecule has 0 atom stereocenters. The fourth-order valence-electron chi connectivity index (χ4n) is 0.389. The number of sulfonamides is 1. The molecule has 0 aromatic heterocycles. The summed E-state index contributed by atoms with van der Waals surface area (Å²) in [7, 11) is -3.19. The summed E-state index contributed by atoms with van der Waals surface area (Å²) in [5.74, 6) is 0.301. The molecule has 0 aliphatic carbocycles. The van der Waals surface area contributed by atoms with Crippen molar-refractivity contribution in [1.29, 1.82) is 0 Å². The Balaban J connectivity index is 4.26. The molecule has 0 aromatic carbocycles. The van der Waals surface area contributed by atoms with E-state index in [4.69, 9.17) is 11.6 Å². The number of alkyl halides is 1. The van der Waals surface area contributed by atoms with Gasteiger partial charge < -0.3 is 0 Å². The molecule has 1 N–H and O–H groups in total. The summed E-state index contributed by atoms with van der Waals surface area (Å²) >= 11 is 5.33. The van der Waals surface area contributed by atoms with Crippen molar-refractivity contribution in [3.8, 4) is 0 Å². The van der Waals surface area contributed by atoms with Gasteiger partial charge in [0.25, 0.3) is 0 Å². The normalized spacial score (nSPS) is 13.5. The van der Waals surface area contributed by atoms with Crippen LogP contribution in [0.2, 0.25) is 0 Å². The third-order valence-corrected chi connectivity index (χ3v) is 3.58. The number of halogens is 1. The lowest BCUT2D eigenvalue weighted by Crippen LogP contribution is -2.40. The highest BCUT2D eigenvalue weighted by molar-refractivity contribution is 7.90. The van der Waals surface area contributed by atoms with E-state index < -0.39 is 14.8 Å². The first-order chi connectivity index (χ1) is 4.81. The van der Waals surface area contributed by atoms with Gasteiger partial charge in [-0.2, -0.15) is 0 Å². The quantitative estimate of drug-likeness (QED) is 0.688. The molecule has 0 unspecified atom stereocenters. The van der Waals surface area contributed by atoms with Crippen molar-refractivity contribution in [3.63, 3.8) is 0 Å². The predicted octanol–water partition coefficient (Wildman–Crippen LogP) is 0.943. The van der Waals surface area contributed by atoms with Crippen molar-refractivity contribution in [2.24, 2.45) is 0 Å². The van der Waals surface area contributed by atoms with Crippen LogP contribution in [0.4, 0.5) is 0 Å². The third-order valence-electron chi connectivity index (χ3n) is 1.19. The second kappa shape index (κ2) is 3.74. The Kier molecular flexibility index (Phi) is 3.80. The van der Waals surface area contributed by atoms with Gasteiger partial charge in [0.2, 0.25) is 10.0 Å². The van der Waals surface area contributed by atoms with Gasteiger partial charge in [-0.1, -0.05) is 0 Å². The van der Waals surface area contributed by atoms with Crippen LogP contribution in [0.5, 0.6) is 0 Å². The monoisotopic (exact) mass is 199 g/mol. The van der Waals surface area contributed by atoms with Crippen LogP contribution in [-0.2, 0) is 10.0 Å². The van der Waals surface area contributed by atoms with Crippen molar-refractivity contribution >= 4 is 21.6 Å². The Morgan fingerprint density at radius 3 is 2.09 bits per heavy atom. The molecule has 0 aliphatic heterocycles. The molecule has 0 aromatic rings. The summed E-state index contributed by atoms with van der Waals surface area (Å²) in [6.07, 6.45) is 0. The molecular weight excluding hydrogens is 186 g/mol. The highest BCUT2D eigenvalue weighted by atomic mass is 35.5. The van der Waals surface area contributed by atoms with E-state index in [1.807, 2.05) is 0 Å². The Hall–Kier alpha value is 0.200. The molecule has 68 valence electrons. The van der Waals surface area contributed by atoms with Crippen LogP contribution in [0.15, 0.2) is 0 Å². The molecule has 0 radical (unpaired) electrons. The minimum absolute atomic E-state index is 0.293. The molecule has 3 nitrogen and oxygen atoms in total. The SMILES string of the molecule is CC(C)(C)S(=O)(=O)NCCCl. The van der Waals surface area contributed by atoms with Crippen molar-refractivity contribution in [2.45, 2.75) is 25.5 Å². The minimum Gasteiger partial charge on any atom is -0.214 e. The Bertz CT molecular complexity index is 205. The van der Waals surface area contributed by atoms with Gasteiger partial charge in [-0.15, -0.1) is 11.6 Å². The fourth-order valence-corrected chi connectivity index (χ4v) is 1.40. The van der Waals surface area contributed by atoms with Gasteiger partial charge in [0.15, 0.2) is 0 Å². The van der Waals surface area contributed by atoms with Gasteiger partial charge in [-0.05, 0) is 20.8 Å². The van der Waals surface area contributed by atoms with Gasteiger partial charge in [0, 0.05) is 12.4 Å². The average molecular weight is 200 g/mol. The number of hydrogen-bond acceptors (Lipinski definition) is 2. The van der Waals surface area contributed by atoms with E-state index in [9.17, 15) is 8.42 Å². The average Bonchev–Trinajstić information content (AvgIpc) is 1.81. The number of hydrogen-bond donors (Lipinski definition) is 1. The van der Waals surface area contributed by atoms with Crippen molar-refractivity contribution in [2.75, 3.05) is 12.4 Å². The van der Waals surface area contributed by atoms with E-state index in [-0.39, 0.29) is 0 Å². The molecule has 0 aliphatic rings. The molecule has 5 heteroatoms. The van der Waals surface area contributed by atoms with Gasteiger partial charge in [0.1, 0.15) is 0 Å². The lowest BCUT2D eigenvalue weighted by Gasteiger charge is -2.18. The first-order valence-corrected chi connectivity index (χ1v) is 5.38. The maximum absolute atomic E-state index is 11.2. The molecular formula is C6H14ClNO2S.